The first-order valence-corrected chi connectivity index (χ1v) is 7.85. The Morgan fingerprint density at radius 2 is 1.80 bits per heavy atom. The summed E-state index contributed by atoms with van der Waals surface area (Å²) in [7, 11) is 1.63. The zero-order valence-electron chi connectivity index (χ0n) is 12.3. The van der Waals surface area contributed by atoms with Crippen LogP contribution in [0.5, 0.6) is 5.75 Å². The molecule has 0 radical (unpaired) electrons. The van der Waals surface area contributed by atoms with Crippen molar-refractivity contribution in [3.05, 3.63) is 29.6 Å². The average Bonchev–Trinajstić information content (AvgIpc) is 3.01. The van der Waals surface area contributed by atoms with Crippen molar-refractivity contribution in [2.75, 3.05) is 20.2 Å². The maximum atomic E-state index is 13.3. The molecule has 1 aromatic rings. The van der Waals surface area contributed by atoms with Crippen molar-refractivity contribution in [1.29, 1.82) is 0 Å². The number of methoxy groups -OCH3 is 1. The van der Waals surface area contributed by atoms with Gasteiger partial charge < -0.3 is 9.64 Å². The van der Waals surface area contributed by atoms with Gasteiger partial charge >= 0.3 is 0 Å². The second-order valence-corrected chi connectivity index (χ2v) is 6.13. The minimum atomic E-state index is -0.212. The number of hydrogen-bond donors (Lipinski definition) is 0. The number of hydrogen-bond acceptors (Lipinski definition) is 2. The Morgan fingerprint density at radius 3 is 2.45 bits per heavy atom. The van der Waals surface area contributed by atoms with Crippen molar-refractivity contribution in [3.63, 3.8) is 0 Å². The van der Waals surface area contributed by atoms with Crippen LogP contribution in [0.3, 0.4) is 0 Å². The third kappa shape index (κ3) is 2.83. The van der Waals surface area contributed by atoms with Crippen molar-refractivity contribution in [1.82, 2.24) is 4.90 Å². The summed E-state index contributed by atoms with van der Waals surface area (Å²) in [6, 6.07) is 5.77. The van der Waals surface area contributed by atoms with E-state index in [9.17, 15) is 4.39 Å². The molecule has 110 valence electrons. The van der Waals surface area contributed by atoms with Gasteiger partial charge in [0.15, 0.2) is 0 Å². The lowest BCUT2D eigenvalue weighted by atomic mass is 9.81. The predicted molar refractivity (Wildman–Crippen MR) is 78.8 cm³/mol. The SMILES string of the molecule is COc1cc(F)ccc1C1CCC(N2CCCC2)CC1. The first-order chi connectivity index (χ1) is 9.78. The van der Waals surface area contributed by atoms with Crippen molar-refractivity contribution in [2.45, 2.75) is 50.5 Å². The summed E-state index contributed by atoms with van der Waals surface area (Å²) in [5.74, 6) is 1.04. The van der Waals surface area contributed by atoms with E-state index < -0.39 is 0 Å². The molecule has 0 amide bonds. The van der Waals surface area contributed by atoms with E-state index in [1.165, 1.54) is 63.2 Å². The van der Waals surface area contributed by atoms with Crippen LogP contribution in [0.2, 0.25) is 0 Å². The third-order valence-electron chi connectivity index (χ3n) is 4.99. The van der Waals surface area contributed by atoms with Crippen molar-refractivity contribution in [2.24, 2.45) is 0 Å². The Hall–Kier alpha value is -1.09. The van der Waals surface area contributed by atoms with Crippen LogP contribution in [0.4, 0.5) is 4.39 Å². The maximum Gasteiger partial charge on any atom is 0.126 e. The minimum Gasteiger partial charge on any atom is -0.496 e. The molecular formula is C17H24FNO. The van der Waals surface area contributed by atoms with Gasteiger partial charge in [0, 0.05) is 12.1 Å². The van der Waals surface area contributed by atoms with Crippen molar-refractivity contribution in [3.8, 4) is 5.75 Å². The van der Waals surface area contributed by atoms with Gasteiger partial charge in [-0.05, 0) is 69.2 Å². The lowest BCUT2D eigenvalue weighted by molar-refractivity contribution is 0.181. The number of likely N-dealkylation sites (tertiary alicyclic amines) is 1. The summed E-state index contributed by atoms with van der Waals surface area (Å²) >= 11 is 0. The molecule has 1 saturated heterocycles. The first kappa shape index (κ1) is 13.9. The number of nitrogens with zero attached hydrogens (tertiary/aromatic N) is 1. The van der Waals surface area contributed by atoms with Crippen LogP contribution in [-0.2, 0) is 0 Å². The van der Waals surface area contributed by atoms with Crippen molar-refractivity contribution < 1.29 is 9.13 Å². The van der Waals surface area contributed by atoms with Crippen LogP contribution in [0.1, 0.15) is 50.0 Å². The molecule has 0 spiro atoms. The van der Waals surface area contributed by atoms with E-state index in [4.69, 9.17) is 4.74 Å². The molecule has 3 rings (SSSR count). The summed E-state index contributed by atoms with van der Waals surface area (Å²) in [5, 5.41) is 0. The molecule has 0 bridgehead atoms. The van der Waals surface area contributed by atoms with Gasteiger partial charge in [-0.3, -0.25) is 0 Å². The molecule has 1 saturated carbocycles. The van der Waals surface area contributed by atoms with Crippen LogP contribution >= 0.6 is 0 Å². The quantitative estimate of drug-likeness (QED) is 0.829. The van der Waals surface area contributed by atoms with E-state index in [0.717, 1.165) is 11.8 Å². The van der Waals surface area contributed by atoms with Crippen LogP contribution < -0.4 is 4.74 Å². The molecule has 2 aliphatic rings. The fraction of sp³-hybridized carbons (Fsp3) is 0.647. The Kier molecular flexibility index (Phi) is 4.25. The largest absolute Gasteiger partial charge is 0.496 e. The Bertz CT molecular complexity index is 448. The summed E-state index contributed by atoms with van der Waals surface area (Å²) < 4.78 is 18.6. The van der Waals surface area contributed by atoms with Gasteiger partial charge in [-0.2, -0.15) is 0 Å². The van der Waals surface area contributed by atoms with Gasteiger partial charge in [0.05, 0.1) is 7.11 Å². The van der Waals surface area contributed by atoms with Gasteiger partial charge in [-0.25, -0.2) is 4.39 Å². The topological polar surface area (TPSA) is 12.5 Å². The summed E-state index contributed by atoms with van der Waals surface area (Å²) in [6.45, 7) is 2.57. The molecule has 0 unspecified atom stereocenters. The second kappa shape index (κ2) is 6.13. The van der Waals surface area contributed by atoms with E-state index in [1.54, 1.807) is 13.2 Å². The lowest BCUT2D eigenvalue weighted by Crippen LogP contribution is -2.35. The minimum absolute atomic E-state index is 0.212. The highest BCUT2D eigenvalue weighted by molar-refractivity contribution is 5.37. The van der Waals surface area contributed by atoms with Crippen LogP contribution in [0, 0.1) is 5.82 Å². The van der Waals surface area contributed by atoms with Crippen molar-refractivity contribution >= 4 is 0 Å². The van der Waals surface area contributed by atoms with Gasteiger partial charge in [-0.15, -0.1) is 0 Å². The molecule has 0 aromatic heterocycles. The van der Waals surface area contributed by atoms with Crippen LogP contribution in [0.15, 0.2) is 18.2 Å². The molecule has 0 atom stereocenters. The highest BCUT2D eigenvalue weighted by atomic mass is 19.1. The fourth-order valence-electron chi connectivity index (χ4n) is 3.88. The zero-order valence-corrected chi connectivity index (χ0v) is 12.3. The van der Waals surface area contributed by atoms with Gasteiger partial charge in [0.2, 0.25) is 0 Å². The highest BCUT2D eigenvalue weighted by Crippen LogP contribution is 2.39. The lowest BCUT2D eigenvalue weighted by Gasteiger charge is -2.35. The number of ether oxygens (including phenoxy) is 1. The zero-order chi connectivity index (χ0) is 13.9. The standard InChI is InChI=1S/C17H24FNO/c1-20-17-12-14(18)6-9-16(17)13-4-7-15(8-5-13)19-10-2-3-11-19/h6,9,12-13,15H,2-5,7-8,10-11H2,1H3. The third-order valence-corrected chi connectivity index (χ3v) is 4.99. The maximum absolute atomic E-state index is 13.3. The Balaban J connectivity index is 1.65. The molecule has 0 N–H and O–H groups in total. The van der Waals surface area contributed by atoms with Gasteiger partial charge in [0.25, 0.3) is 0 Å². The Labute approximate surface area is 120 Å². The smallest absolute Gasteiger partial charge is 0.126 e. The summed E-state index contributed by atoms with van der Waals surface area (Å²) in [5.41, 5.74) is 1.19. The highest BCUT2D eigenvalue weighted by Gasteiger charge is 2.29. The van der Waals surface area contributed by atoms with E-state index in [-0.39, 0.29) is 5.82 Å². The molecule has 1 aliphatic heterocycles. The van der Waals surface area contributed by atoms with E-state index in [0.29, 0.717) is 5.92 Å². The Morgan fingerprint density at radius 1 is 1.10 bits per heavy atom. The molecule has 2 nitrogen and oxygen atoms in total. The van der Waals surface area contributed by atoms with Crippen LogP contribution in [0.25, 0.3) is 0 Å². The monoisotopic (exact) mass is 277 g/mol. The number of halogens is 1. The first-order valence-electron chi connectivity index (χ1n) is 7.85. The van der Waals surface area contributed by atoms with Crippen LogP contribution in [-0.4, -0.2) is 31.1 Å². The van der Waals surface area contributed by atoms with Gasteiger partial charge in [0.1, 0.15) is 11.6 Å². The van der Waals surface area contributed by atoms with E-state index in [2.05, 4.69) is 4.90 Å². The molecule has 1 heterocycles. The second-order valence-electron chi connectivity index (χ2n) is 6.13. The number of rotatable bonds is 3. The summed E-state index contributed by atoms with van der Waals surface area (Å²) in [4.78, 5) is 2.66. The van der Waals surface area contributed by atoms with E-state index in [1.807, 2.05) is 6.07 Å². The molecule has 2 fully saturated rings. The predicted octanol–water partition coefficient (Wildman–Crippen LogP) is 3.96. The summed E-state index contributed by atoms with van der Waals surface area (Å²) in [6.07, 6.45) is 7.67. The molecule has 3 heteroatoms. The molecule has 20 heavy (non-hydrogen) atoms. The molecular weight excluding hydrogens is 253 g/mol. The average molecular weight is 277 g/mol. The normalized spacial score (nSPS) is 27.7. The molecule has 1 aromatic carbocycles. The fourth-order valence-corrected chi connectivity index (χ4v) is 3.88. The molecule has 1 aliphatic carbocycles. The van der Waals surface area contributed by atoms with Gasteiger partial charge in [-0.1, -0.05) is 6.07 Å². The van der Waals surface area contributed by atoms with E-state index >= 15 is 0 Å². The number of benzene rings is 1.